The average Bonchev–Trinajstić information content (AvgIpc) is 2.30. The van der Waals surface area contributed by atoms with E-state index in [4.69, 9.17) is 0 Å². The lowest BCUT2D eigenvalue weighted by molar-refractivity contribution is -0.141. The van der Waals surface area contributed by atoms with E-state index in [2.05, 4.69) is 4.74 Å². The monoisotopic (exact) mass is 265 g/mol. The van der Waals surface area contributed by atoms with Gasteiger partial charge in [-0.2, -0.15) is 13.2 Å². The summed E-state index contributed by atoms with van der Waals surface area (Å²) in [5.41, 5.74) is -3.02. The number of H-pyrrole nitrogens is 1. The summed E-state index contributed by atoms with van der Waals surface area (Å²) in [6.45, 7) is 5.42. The Labute approximate surface area is 102 Å². The molecule has 0 saturated carbocycles. The van der Waals surface area contributed by atoms with E-state index in [0.717, 1.165) is 12.1 Å². The van der Waals surface area contributed by atoms with Gasteiger partial charge in [0.15, 0.2) is 0 Å². The highest BCUT2D eigenvalue weighted by Gasteiger charge is 2.37. The number of aromatic nitrogens is 1. The molecule has 1 aromatic heterocycles. The molecule has 0 spiro atoms. The molecular formula is C11H14F3NO3. The number of halogens is 3. The molecular weight excluding hydrogens is 251 g/mol. The van der Waals surface area contributed by atoms with E-state index in [-0.39, 0.29) is 6.61 Å². The summed E-state index contributed by atoms with van der Waals surface area (Å²) in [7, 11) is 0. The summed E-state index contributed by atoms with van der Waals surface area (Å²) in [6.07, 6.45) is -4.80. The normalized spacial score (nSPS) is 10.3. The Morgan fingerprint density at radius 3 is 2.33 bits per heavy atom. The van der Waals surface area contributed by atoms with Crippen molar-refractivity contribution >= 4 is 5.97 Å². The molecule has 7 heteroatoms. The zero-order valence-corrected chi connectivity index (χ0v) is 10.2. The number of carbonyl (C=O) groups is 1. The molecule has 0 bridgehead atoms. The van der Waals surface area contributed by atoms with E-state index >= 15 is 0 Å². The molecule has 0 saturated heterocycles. The number of hydrogen-bond acceptors (Lipinski definition) is 3. The second-order valence-corrected chi connectivity index (χ2v) is 2.83. The molecule has 0 aliphatic rings. The van der Waals surface area contributed by atoms with Crippen LogP contribution in [0.5, 0.6) is 0 Å². The van der Waals surface area contributed by atoms with Crippen LogP contribution in [0, 0.1) is 0 Å². The van der Waals surface area contributed by atoms with E-state index < -0.39 is 29.0 Å². The number of esters is 1. The van der Waals surface area contributed by atoms with Crippen LogP contribution < -0.4 is 5.56 Å². The van der Waals surface area contributed by atoms with Crippen molar-refractivity contribution in [2.45, 2.75) is 26.9 Å². The standard InChI is InChI=1S/C9H8F3NO3.C2H6/c1-2-16-8(15)5-3-4-6(14)13-7(5)9(10,11)12;1-2/h3-4H,2H2,1H3,(H,13,14);1-2H3. The van der Waals surface area contributed by atoms with Crippen LogP contribution >= 0.6 is 0 Å². The van der Waals surface area contributed by atoms with E-state index in [1.807, 2.05) is 13.8 Å². The van der Waals surface area contributed by atoms with E-state index in [0.29, 0.717) is 0 Å². The van der Waals surface area contributed by atoms with Gasteiger partial charge in [0, 0.05) is 6.07 Å². The number of pyridine rings is 1. The van der Waals surface area contributed by atoms with Gasteiger partial charge >= 0.3 is 12.1 Å². The van der Waals surface area contributed by atoms with E-state index in [1.165, 1.54) is 6.92 Å². The highest BCUT2D eigenvalue weighted by molar-refractivity contribution is 5.90. The molecule has 0 amide bonds. The highest BCUT2D eigenvalue weighted by Crippen LogP contribution is 2.29. The molecule has 0 fully saturated rings. The fraction of sp³-hybridized carbons (Fsp3) is 0.455. The van der Waals surface area contributed by atoms with Gasteiger partial charge in [0.1, 0.15) is 5.69 Å². The second-order valence-electron chi connectivity index (χ2n) is 2.83. The number of ether oxygens (including phenoxy) is 1. The Hall–Kier alpha value is -1.79. The Balaban J connectivity index is 0.00000137. The van der Waals surface area contributed by atoms with Gasteiger partial charge in [-0.25, -0.2) is 4.79 Å². The maximum Gasteiger partial charge on any atom is 0.432 e. The lowest BCUT2D eigenvalue weighted by Gasteiger charge is -2.10. The lowest BCUT2D eigenvalue weighted by atomic mass is 10.2. The van der Waals surface area contributed by atoms with Crippen molar-refractivity contribution in [1.29, 1.82) is 0 Å². The quantitative estimate of drug-likeness (QED) is 0.836. The molecule has 0 unspecified atom stereocenters. The summed E-state index contributed by atoms with van der Waals surface area (Å²) in [6, 6.07) is 1.63. The number of aromatic amines is 1. The Kier molecular flexibility index (Phi) is 6.15. The number of rotatable bonds is 2. The molecule has 102 valence electrons. The molecule has 1 N–H and O–H groups in total. The minimum atomic E-state index is -4.80. The topological polar surface area (TPSA) is 59.2 Å². The smallest absolute Gasteiger partial charge is 0.432 e. The molecule has 1 heterocycles. The molecule has 1 rings (SSSR count). The number of carbonyl (C=O) groups excluding carboxylic acids is 1. The first-order chi connectivity index (χ1) is 8.36. The molecule has 1 aromatic rings. The van der Waals surface area contributed by atoms with Crippen LogP contribution in [0.15, 0.2) is 16.9 Å². The van der Waals surface area contributed by atoms with Gasteiger partial charge in [0.25, 0.3) is 0 Å². The van der Waals surface area contributed by atoms with Crippen LogP contribution in [-0.4, -0.2) is 17.6 Å². The third-order valence-electron chi connectivity index (χ3n) is 1.70. The van der Waals surface area contributed by atoms with Crippen molar-refractivity contribution in [3.63, 3.8) is 0 Å². The fourth-order valence-corrected chi connectivity index (χ4v) is 1.08. The average molecular weight is 265 g/mol. The Bertz CT molecular complexity index is 452. The van der Waals surface area contributed by atoms with Crippen molar-refractivity contribution < 1.29 is 22.7 Å². The van der Waals surface area contributed by atoms with Crippen molar-refractivity contribution in [3.8, 4) is 0 Å². The van der Waals surface area contributed by atoms with E-state index in [9.17, 15) is 22.8 Å². The highest BCUT2D eigenvalue weighted by atomic mass is 19.4. The summed E-state index contributed by atoms with van der Waals surface area (Å²) in [5.74, 6) is -1.12. The molecule has 0 aliphatic carbocycles. The summed E-state index contributed by atoms with van der Waals surface area (Å²) >= 11 is 0. The zero-order valence-electron chi connectivity index (χ0n) is 10.2. The van der Waals surface area contributed by atoms with Crippen LogP contribution in [0.3, 0.4) is 0 Å². The minimum absolute atomic E-state index is 0.0464. The first-order valence-electron chi connectivity index (χ1n) is 5.34. The molecule has 0 aromatic carbocycles. The summed E-state index contributed by atoms with van der Waals surface area (Å²) in [4.78, 5) is 23.5. The van der Waals surface area contributed by atoms with Crippen LogP contribution in [0.25, 0.3) is 0 Å². The minimum Gasteiger partial charge on any atom is -0.462 e. The number of alkyl halides is 3. The zero-order chi connectivity index (χ0) is 14.3. The van der Waals surface area contributed by atoms with Crippen LogP contribution in [0.2, 0.25) is 0 Å². The van der Waals surface area contributed by atoms with Gasteiger partial charge in [0.2, 0.25) is 5.56 Å². The predicted molar refractivity (Wildman–Crippen MR) is 59.4 cm³/mol. The fourth-order valence-electron chi connectivity index (χ4n) is 1.08. The van der Waals surface area contributed by atoms with E-state index in [1.54, 1.807) is 4.98 Å². The molecule has 4 nitrogen and oxygen atoms in total. The van der Waals surface area contributed by atoms with Crippen molar-refractivity contribution in [2.75, 3.05) is 6.61 Å². The maximum atomic E-state index is 12.5. The van der Waals surface area contributed by atoms with Gasteiger partial charge < -0.3 is 9.72 Å². The Morgan fingerprint density at radius 2 is 1.89 bits per heavy atom. The number of hydrogen-bond donors (Lipinski definition) is 1. The third-order valence-corrected chi connectivity index (χ3v) is 1.70. The van der Waals surface area contributed by atoms with Crippen molar-refractivity contribution in [3.05, 3.63) is 33.7 Å². The van der Waals surface area contributed by atoms with Gasteiger partial charge in [-0.15, -0.1) is 0 Å². The van der Waals surface area contributed by atoms with Gasteiger partial charge in [0.05, 0.1) is 12.2 Å². The molecule has 18 heavy (non-hydrogen) atoms. The van der Waals surface area contributed by atoms with Crippen molar-refractivity contribution in [1.82, 2.24) is 4.98 Å². The SMILES string of the molecule is CC.CCOC(=O)c1ccc(=O)[nH]c1C(F)(F)F. The maximum absolute atomic E-state index is 12.5. The van der Waals surface area contributed by atoms with Crippen LogP contribution in [0.4, 0.5) is 13.2 Å². The summed E-state index contributed by atoms with van der Waals surface area (Å²) < 4.78 is 41.8. The number of nitrogens with one attached hydrogen (secondary N) is 1. The first-order valence-corrected chi connectivity index (χ1v) is 5.34. The van der Waals surface area contributed by atoms with Gasteiger partial charge in [-0.05, 0) is 13.0 Å². The van der Waals surface area contributed by atoms with Gasteiger partial charge in [-0.1, -0.05) is 13.8 Å². The predicted octanol–water partition coefficient (Wildman–Crippen LogP) is 2.60. The Morgan fingerprint density at radius 1 is 1.33 bits per heavy atom. The van der Waals surface area contributed by atoms with Gasteiger partial charge in [-0.3, -0.25) is 4.79 Å². The molecule has 0 radical (unpaired) electrons. The lowest BCUT2D eigenvalue weighted by Crippen LogP contribution is -2.21. The van der Waals surface area contributed by atoms with Crippen molar-refractivity contribution in [2.24, 2.45) is 0 Å². The van der Waals surface area contributed by atoms with Crippen LogP contribution in [0.1, 0.15) is 36.8 Å². The summed E-state index contributed by atoms with van der Waals surface area (Å²) in [5, 5.41) is 0. The second kappa shape index (κ2) is 6.83. The molecule has 0 atom stereocenters. The van der Waals surface area contributed by atoms with Crippen LogP contribution in [-0.2, 0) is 10.9 Å². The largest absolute Gasteiger partial charge is 0.462 e. The first kappa shape index (κ1) is 16.2. The molecule has 0 aliphatic heterocycles. The third kappa shape index (κ3) is 4.23.